The van der Waals surface area contributed by atoms with Gasteiger partial charge in [-0.1, -0.05) is 33.3 Å². The summed E-state index contributed by atoms with van der Waals surface area (Å²) in [7, 11) is 0. The van der Waals surface area contributed by atoms with Crippen molar-refractivity contribution in [2.75, 3.05) is 0 Å². The maximum Gasteiger partial charge on any atom is 0.326 e. The van der Waals surface area contributed by atoms with Gasteiger partial charge in [0.05, 0.1) is 6.10 Å². The zero-order valence-corrected chi connectivity index (χ0v) is 14.3. The Hall–Kier alpha value is -1.36. The summed E-state index contributed by atoms with van der Waals surface area (Å²) >= 11 is 0. The third kappa shape index (κ3) is 3.77. The molecule has 1 fully saturated rings. The number of carboxylic acid groups (broad SMARTS) is 1. The molecule has 6 atom stereocenters. The van der Waals surface area contributed by atoms with E-state index >= 15 is 0 Å². The summed E-state index contributed by atoms with van der Waals surface area (Å²) in [6, 6.07) is -0.861. The van der Waals surface area contributed by atoms with Crippen molar-refractivity contribution in [3.8, 4) is 0 Å². The number of aliphatic hydroxyl groups excluding tert-OH is 1. The fraction of sp³-hybridized carbons (Fsp3) is 0.778. The van der Waals surface area contributed by atoms with Crippen LogP contribution in [0.4, 0.5) is 0 Å². The zero-order valence-electron chi connectivity index (χ0n) is 14.3. The maximum atomic E-state index is 12.7. The van der Waals surface area contributed by atoms with Gasteiger partial charge in [-0.25, -0.2) is 4.79 Å². The van der Waals surface area contributed by atoms with Gasteiger partial charge in [-0.15, -0.1) is 0 Å². The third-order valence-corrected chi connectivity index (χ3v) is 5.73. The van der Waals surface area contributed by atoms with E-state index in [0.29, 0.717) is 12.0 Å². The molecule has 2 rings (SSSR count). The second-order valence-corrected chi connectivity index (χ2v) is 7.12. The Balaban J connectivity index is 2.18. The molecule has 1 saturated carbocycles. The van der Waals surface area contributed by atoms with Crippen LogP contribution in [0.1, 0.15) is 52.9 Å². The Morgan fingerprint density at radius 2 is 2.04 bits per heavy atom. The van der Waals surface area contributed by atoms with E-state index in [1.807, 2.05) is 19.9 Å². The highest BCUT2D eigenvalue weighted by Gasteiger charge is 2.43. The number of hydrogen-bond donors (Lipinski definition) is 3. The highest BCUT2D eigenvalue weighted by molar-refractivity contribution is 5.96. The largest absolute Gasteiger partial charge is 0.480 e. The quantitative estimate of drug-likeness (QED) is 0.700. The van der Waals surface area contributed by atoms with Crippen LogP contribution in [-0.4, -0.2) is 34.2 Å². The summed E-state index contributed by atoms with van der Waals surface area (Å²) in [5.74, 6) is -0.875. The van der Waals surface area contributed by atoms with Crippen molar-refractivity contribution < 1.29 is 19.8 Å². The summed E-state index contributed by atoms with van der Waals surface area (Å²) in [4.78, 5) is 24.2. The average Bonchev–Trinajstić information content (AvgIpc) is 2.91. The number of allylic oxidation sites excluding steroid dienone is 1. The van der Waals surface area contributed by atoms with Gasteiger partial charge in [0, 0.05) is 5.57 Å². The van der Waals surface area contributed by atoms with E-state index in [4.69, 9.17) is 0 Å². The van der Waals surface area contributed by atoms with Gasteiger partial charge in [0.15, 0.2) is 0 Å². The molecule has 2 aliphatic rings. The smallest absolute Gasteiger partial charge is 0.326 e. The summed E-state index contributed by atoms with van der Waals surface area (Å²) < 4.78 is 0. The van der Waals surface area contributed by atoms with Crippen molar-refractivity contribution >= 4 is 11.9 Å². The molecule has 0 spiro atoms. The van der Waals surface area contributed by atoms with Crippen molar-refractivity contribution in [3.05, 3.63) is 11.6 Å². The molecule has 0 bridgehead atoms. The highest BCUT2D eigenvalue weighted by Crippen LogP contribution is 2.45. The number of amides is 1. The molecule has 5 nitrogen and oxygen atoms in total. The number of carbonyl (C=O) groups excluding carboxylic acids is 1. The summed E-state index contributed by atoms with van der Waals surface area (Å²) in [6.45, 7) is 5.84. The predicted octanol–water partition coefficient (Wildman–Crippen LogP) is 2.35. The molecule has 1 amide bonds. The van der Waals surface area contributed by atoms with Crippen molar-refractivity contribution in [3.63, 3.8) is 0 Å². The van der Waals surface area contributed by atoms with Crippen LogP contribution in [0.2, 0.25) is 0 Å². The number of carboxylic acids is 1. The molecule has 0 aliphatic heterocycles. The Bertz CT molecular complexity index is 487. The Morgan fingerprint density at radius 3 is 2.61 bits per heavy atom. The van der Waals surface area contributed by atoms with E-state index in [1.165, 1.54) is 0 Å². The van der Waals surface area contributed by atoms with Crippen molar-refractivity contribution in [2.45, 2.75) is 65.0 Å². The minimum Gasteiger partial charge on any atom is -0.480 e. The van der Waals surface area contributed by atoms with Gasteiger partial charge < -0.3 is 15.5 Å². The van der Waals surface area contributed by atoms with Crippen LogP contribution in [0, 0.1) is 23.7 Å². The van der Waals surface area contributed by atoms with Gasteiger partial charge in [-0.2, -0.15) is 0 Å². The SMILES string of the molecule is CC[C@H]1C=C(C(=O)N[C@H](C(=O)O)[C@@H](C)CC)[C@H]2CC[C@@H](O)[C@H]2C1. The van der Waals surface area contributed by atoms with E-state index < -0.39 is 12.0 Å². The van der Waals surface area contributed by atoms with Gasteiger partial charge >= 0.3 is 5.97 Å². The molecular formula is C18H29NO4. The first-order chi connectivity index (χ1) is 10.9. The lowest BCUT2D eigenvalue weighted by molar-refractivity contribution is -0.142. The number of carbonyl (C=O) groups is 2. The van der Waals surface area contributed by atoms with E-state index in [0.717, 1.165) is 25.7 Å². The molecule has 5 heteroatoms. The molecular weight excluding hydrogens is 294 g/mol. The van der Waals surface area contributed by atoms with E-state index in [2.05, 4.69) is 12.2 Å². The number of hydrogen-bond acceptors (Lipinski definition) is 3. The number of aliphatic carboxylic acids is 1. The Morgan fingerprint density at radius 1 is 1.35 bits per heavy atom. The second kappa shape index (κ2) is 7.47. The molecule has 0 unspecified atom stereocenters. The average molecular weight is 323 g/mol. The monoisotopic (exact) mass is 323 g/mol. The van der Waals surface area contributed by atoms with Gasteiger partial charge in [0.2, 0.25) is 5.91 Å². The normalized spacial score (nSPS) is 32.6. The van der Waals surface area contributed by atoms with Crippen molar-refractivity contribution in [2.24, 2.45) is 23.7 Å². The standard InChI is InChI=1S/C18H29NO4/c1-4-10(3)16(18(22)23)19-17(21)14-9-11(5-2)8-13-12(14)6-7-15(13)20/h9-13,15-16,20H,4-8H2,1-3H3,(H,19,21)(H,22,23)/t10-,11+,12-,13-,15+,16-/m0/s1. The van der Waals surface area contributed by atoms with Gasteiger partial charge in [0.1, 0.15) is 6.04 Å². The fourth-order valence-electron chi connectivity index (χ4n) is 3.99. The number of rotatable bonds is 6. The summed E-state index contributed by atoms with van der Waals surface area (Å²) in [5.41, 5.74) is 0.694. The van der Waals surface area contributed by atoms with Gasteiger partial charge in [-0.3, -0.25) is 4.79 Å². The topological polar surface area (TPSA) is 86.6 Å². The maximum absolute atomic E-state index is 12.7. The molecule has 0 aromatic rings. The zero-order chi connectivity index (χ0) is 17.1. The number of aliphatic hydroxyl groups is 1. The van der Waals surface area contributed by atoms with Crippen LogP contribution in [0.3, 0.4) is 0 Å². The van der Waals surface area contributed by atoms with Crippen LogP contribution in [-0.2, 0) is 9.59 Å². The molecule has 0 saturated heterocycles. The molecule has 23 heavy (non-hydrogen) atoms. The van der Waals surface area contributed by atoms with E-state index in [9.17, 15) is 19.8 Å². The van der Waals surface area contributed by atoms with Crippen molar-refractivity contribution in [1.29, 1.82) is 0 Å². The minimum absolute atomic E-state index is 0.0687. The summed E-state index contributed by atoms with van der Waals surface area (Å²) in [6.07, 6.45) is 5.76. The first kappa shape index (κ1) is 18.0. The van der Waals surface area contributed by atoms with E-state index in [1.54, 1.807) is 0 Å². The Labute approximate surface area is 138 Å². The van der Waals surface area contributed by atoms with Crippen LogP contribution in [0.15, 0.2) is 11.6 Å². The molecule has 0 heterocycles. The van der Waals surface area contributed by atoms with Gasteiger partial charge in [-0.05, 0) is 49.4 Å². The first-order valence-corrected chi connectivity index (χ1v) is 8.82. The van der Waals surface area contributed by atoms with Gasteiger partial charge in [0.25, 0.3) is 0 Å². The molecule has 3 N–H and O–H groups in total. The first-order valence-electron chi connectivity index (χ1n) is 8.82. The van der Waals surface area contributed by atoms with E-state index in [-0.39, 0.29) is 35.7 Å². The molecule has 0 aromatic heterocycles. The molecule has 2 aliphatic carbocycles. The second-order valence-electron chi connectivity index (χ2n) is 7.12. The van der Waals surface area contributed by atoms with Crippen LogP contribution < -0.4 is 5.32 Å². The highest BCUT2D eigenvalue weighted by atomic mass is 16.4. The fourth-order valence-corrected chi connectivity index (χ4v) is 3.99. The van der Waals surface area contributed by atoms with Crippen LogP contribution in [0.5, 0.6) is 0 Å². The van der Waals surface area contributed by atoms with Crippen LogP contribution in [0.25, 0.3) is 0 Å². The van der Waals surface area contributed by atoms with Crippen molar-refractivity contribution in [1.82, 2.24) is 5.32 Å². The Kier molecular flexibility index (Phi) is 5.84. The molecule has 0 aromatic carbocycles. The summed E-state index contributed by atoms with van der Waals surface area (Å²) in [5, 5.41) is 22.3. The minimum atomic E-state index is -0.987. The predicted molar refractivity (Wildman–Crippen MR) is 87.7 cm³/mol. The lowest BCUT2D eigenvalue weighted by Gasteiger charge is -2.33. The lowest BCUT2D eigenvalue weighted by atomic mass is 9.74. The number of fused-ring (bicyclic) bond motifs is 1. The number of nitrogens with one attached hydrogen (secondary N) is 1. The van der Waals surface area contributed by atoms with Crippen LogP contribution >= 0.6 is 0 Å². The third-order valence-electron chi connectivity index (χ3n) is 5.73. The lowest BCUT2D eigenvalue weighted by Crippen LogP contribution is -2.47. The molecule has 130 valence electrons. The molecule has 0 radical (unpaired) electrons.